The van der Waals surface area contributed by atoms with Crippen molar-refractivity contribution in [3.63, 3.8) is 0 Å². The van der Waals surface area contributed by atoms with E-state index in [-0.39, 0.29) is 17.7 Å². The first-order valence-electron chi connectivity index (χ1n) is 7.53. The molecule has 5 nitrogen and oxygen atoms in total. The molecule has 2 fully saturated rings. The van der Waals surface area contributed by atoms with E-state index in [2.05, 4.69) is 0 Å². The molecule has 2 heterocycles. The molecule has 6 heteroatoms. The molecule has 0 aromatic heterocycles. The van der Waals surface area contributed by atoms with Gasteiger partial charge >= 0.3 is 0 Å². The highest BCUT2D eigenvalue weighted by Crippen LogP contribution is 2.25. The summed E-state index contributed by atoms with van der Waals surface area (Å²) in [5.41, 5.74) is 0.914. The number of ether oxygens (including phenoxy) is 1. The highest BCUT2D eigenvalue weighted by Gasteiger charge is 2.36. The van der Waals surface area contributed by atoms with Crippen LogP contribution in [0, 0.1) is 5.92 Å². The van der Waals surface area contributed by atoms with Gasteiger partial charge in [0.2, 0.25) is 11.8 Å². The summed E-state index contributed by atoms with van der Waals surface area (Å²) in [7, 11) is 0. The lowest BCUT2D eigenvalue weighted by atomic mass is 10.1. The average Bonchev–Trinajstić information content (AvgIpc) is 2.91. The van der Waals surface area contributed by atoms with Crippen molar-refractivity contribution in [2.45, 2.75) is 13.0 Å². The maximum Gasteiger partial charge on any atom is 0.228 e. The number of likely N-dealkylation sites (tertiary alicyclic amines) is 1. The van der Waals surface area contributed by atoms with Crippen LogP contribution in [-0.4, -0.2) is 54.5 Å². The molecule has 1 atom stereocenters. The molecule has 2 aliphatic heterocycles. The van der Waals surface area contributed by atoms with Crippen LogP contribution in [0.15, 0.2) is 24.3 Å². The molecule has 0 radical (unpaired) electrons. The van der Waals surface area contributed by atoms with E-state index >= 15 is 0 Å². The minimum absolute atomic E-state index is 0.0199. The van der Waals surface area contributed by atoms with Crippen LogP contribution in [0.3, 0.4) is 0 Å². The van der Waals surface area contributed by atoms with E-state index < -0.39 is 0 Å². The molecule has 22 heavy (non-hydrogen) atoms. The average molecular weight is 323 g/mol. The number of carbonyl (C=O) groups is 2. The predicted octanol–water partition coefficient (Wildman–Crippen LogP) is 1.55. The number of halogens is 1. The molecule has 1 aromatic rings. The van der Waals surface area contributed by atoms with E-state index in [0.29, 0.717) is 50.8 Å². The minimum Gasteiger partial charge on any atom is -0.378 e. The zero-order chi connectivity index (χ0) is 15.5. The van der Waals surface area contributed by atoms with Gasteiger partial charge in [-0.25, -0.2) is 0 Å². The van der Waals surface area contributed by atoms with Gasteiger partial charge in [0.25, 0.3) is 0 Å². The van der Waals surface area contributed by atoms with E-state index in [1.54, 1.807) is 9.80 Å². The van der Waals surface area contributed by atoms with Gasteiger partial charge < -0.3 is 14.5 Å². The summed E-state index contributed by atoms with van der Waals surface area (Å²) in [6.45, 7) is 3.33. The van der Waals surface area contributed by atoms with Crippen molar-refractivity contribution in [1.29, 1.82) is 0 Å². The van der Waals surface area contributed by atoms with E-state index in [1.165, 1.54) is 0 Å². The van der Waals surface area contributed by atoms with Crippen molar-refractivity contribution in [3.8, 4) is 0 Å². The van der Waals surface area contributed by atoms with Crippen LogP contribution in [0.4, 0.5) is 0 Å². The Bertz CT molecular complexity index is 572. The largest absolute Gasteiger partial charge is 0.378 e. The molecule has 0 aliphatic carbocycles. The van der Waals surface area contributed by atoms with Gasteiger partial charge in [0.15, 0.2) is 0 Å². The lowest BCUT2D eigenvalue weighted by Crippen LogP contribution is -2.44. The van der Waals surface area contributed by atoms with Crippen LogP contribution < -0.4 is 0 Å². The molecule has 3 rings (SSSR count). The second-order valence-corrected chi connectivity index (χ2v) is 6.11. The Morgan fingerprint density at radius 3 is 2.73 bits per heavy atom. The van der Waals surface area contributed by atoms with Gasteiger partial charge in [0.1, 0.15) is 0 Å². The smallest absolute Gasteiger partial charge is 0.228 e. The standard InChI is InChI=1S/C16H19ClN2O3/c17-14-4-2-1-3-12(14)10-19-11-13(9-15(19)20)16(21)18-5-7-22-8-6-18/h1-4,13H,5-11H2/t13-/m0/s1. The van der Waals surface area contributed by atoms with Gasteiger partial charge in [-0.05, 0) is 11.6 Å². The van der Waals surface area contributed by atoms with Gasteiger partial charge in [0.05, 0.1) is 19.1 Å². The highest BCUT2D eigenvalue weighted by atomic mass is 35.5. The molecule has 2 saturated heterocycles. The molecule has 1 aromatic carbocycles. The number of hydrogen-bond acceptors (Lipinski definition) is 3. The van der Waals surface area contributed by atoms with Crippen LogP contribution in [0.5, 0.6) is 0 Å². The zero-order valence-electron chi connectivity index (χ0n) is 12.3. The molecule has 0 N–H and O–H groups in total. The van der Waals surface area contributed by atoms with Crippen LogP contribution in [0.25, 0.3) is 0 Å². The number of nitrogens with zero attached hydrogens (tertiary/aromatic N) is 2. The number of morpholine rings is 1. The quantitative estimate of drug-likeness (QED) is 0.848. The Morgan fingerprint density at radius 2 is 2.00 bits per heavy atom. The van der Waals surface area contributed by atoms with Crippen LogP contribution in [0.1, 0.15) is 12.0 Å². The number of hydrogen-bond donors (Lipinski definition) is 0. The molecule has 2 aliphatic rings. The van der Waals surface area contributed by atoms with E-state index in [4.69, 9.17) is 16.3 Å². The summed E-state index contributed by atoms with van der Waals surface area (Å²) in [5.74, 6) is -0.155. The van der Waals surface area contributed by atoms with Crippen molar-refractivity contribution in [1.82, 2.24) is 9.80 Å². The summed E-state index contributed by atoms with van der Waals surface area (Å²) in [5, 5.41) is 0.651. The minimum atomic E-state index is -0.243. The summed E-state index contributed by atoms with van der Waals surface area (Å²) in [6.07, 6.45) is 0.292. The molecular weight excluding hydrogens is 304 g/mol. The first-order valence-corrected chi connectivity index (χ1v) is 7.90. The number of amides is 2. The summed E-state index contributed by atoms with van der Waals surface area (Å²) >= 11 is 6.14. The Hall–Kier alpha value is -1.59. The SMILES string of the molecule is O=C1C[C@H](C(=O)N2CCOCC2)CN1Cc1ccccc1Cl. The maximum absolute atomic E-state index is 12.5. The van der Waals surface area contributed by atoms with Gasteiger partial charge in [-0.15, -0.1) is 0 Å². The van der Waals surface area contributed by atoms with Gasteiger partial charge in [-0.1, -0.05) is 29.8 Å². The summed E-state index contributed by atoms with van der Waals surface area (Å²) < 4.78 is 5.26. The maximum atomic E-state index is 12.5. The number of carbonyl (C=O) groups excluding carboxylic acids is 2. The Balaban J connectivity index is 1.63. The predicted molar refractivity (Wildman–Crippen MR) is 82.4 cm³/mol. The van der Waals surface area contributed by atoms with Gasteiger partial charge in [-0.3, -0.25) is 9.59 Å². The van der Waals surface area contributed by atoms with Crippen molar-refractivity contribution >= 4 is 23.4 Å². The van der Waals surface area contributed by atoms with Crippen molar-refractivity contribution in [2.24, 2.45) is 5.92 Å². The summed E-state index contributed by atoms with van der Waals surface area (Å²) in [6, 6.07) is 7.49. The second kappa shape index (κ2) is 6.67. The first-order chi connectivity index (χ1) is 10.6. The normalized spacial score (nSPS) is 22.2. The summed E-state index contributed by atoms with van der Waals surface area (Å²) in [4.78, 5) is 28.2. The van der Waals surface area contributed by atoms with Gasteiger partial charge in [0, 0.05) is 37.6 Å². The third-order valence-corrected chi connectivity index (χ3v) is 4.57. The van der Waals surface area contributed by atoms with Gasteiger partial charge in [-0.2, -0.15) is 0 Å². The van der Waals surface area contributed by atoms with Crippen molar-refractivity contribution in [3.05, 3.63) is 34.9 Å². The van der Waals surface area contributed by atoms with Crippen LogP contribution >= 0.6 is 11.6 Å². The lowest BCUT2D eigenvalue weighted by Gasteiger charge is -2.29. The molecule has 0 bridgehead atoms. The molecular formula is C16H19ClN2O3. The Labute approximate surface area is 134 Å². The van der Waals surface area contributed by atoms with E-state index in [1.807, 2.05) is 24.3 Å². The topological polar surface area (TPSA) is 49.9 Å². The fourth-order valence-electron chi connectivity index (χ4n) is 2.96. The third-order valence-electron chi connectivity index (χ3n) is 4.21. The molecule has 2 amide bonds. The van der Waals surface area contributed by atoms with E-state index in [9.17, 15) is 9.59 Å². The van der Waals surface area contributed by atoms with Crippen molar-refractivity contribution < 1.29 is 14.3 Å². The third kappa shape index (κ3) is 3.25. The molecule has 0 unspecified atom stereocenters. The fourth-order valence-corrected chi connectivity index (χ4v) is 3.16. The lowest BCUT2D eigenvalue weighted by molar-refractivity contribution is -0.139. The second-order valence-electron chi connectivity index (χ2n) is 5.70. The fraction of sp³-hybridized carbons (Fsp3) is 0.500. The van der Waals surface area contributed by atoms with E-state index in [0.717, 1.165) is 5.56 Å². The Kier molecular flexibility index (Phi) is 4.64. The highest BCUT2D eigenvalue weighted by molar-refractivity contribution is 6.31. The van der Waals surface area contributed by atoms with Crippen LogP contribution in [0.2, 0.25) is 5.02 Å². The molecule has 118 valence electrons. The number of benzene rings is 1. The number of rotatable bonds is 3. The molecule has 0 saturated carbocycles. The first kappa shape index (κ1) is 15.3. The zero-order valence-corrected chi connectivity index (χ0v) is 13.1. The Morgan fingerprint density at radius 1 is 1.27 bits per heavy atom. The van der Waals surface area contributed by atoms with Crippen molar-refractivity contribution in [2.75, 3.05) is 32.8 Å². The monoisotopic (exact) mass is 322 g/mol. The van der Waals surface area contributed by atoms with Crippen LogP contribution in [-0.2, 0) is 20.9 Å². The molecule has 0 spiro atoms.